The molecule has 0 aliphatic heterocycles. The van der Waals surface area contributed by atoms with Crippen LogP contribution in [0.4, 0.5) is 0 Å². The molecule has 0 saturated carbocycles. The van der Waals surface area contributed by atoms with E-state index in [4.69, 9.17) is 0 Å². The molecule has 0 aliphatic carbocycles. The number of carbonyl (C=O) groups is 1. The Morgan fingerprint density at radius 3 is 2.69 bits per heavy atom. The van der Waals surface area contributed by atoms with Gasteiger partial charge in [0, 0.05) is 6.42 Å². The number of unbranched alkanes of at least 4 members (excludes halogenated alkanes) is 3. The molecule has 1 atom stereocenters. The van der Waals surface area contributed by atoms with Gasteiger partial charge in [-0.2, -0.15) is 0 Å². The summed E-state index contributed by atoms with van der Waals surface area (Å²) in [6, 6.07) is 0. The Bertz CT molecular complexity index is 141. The summed E-state index contributed by atoms with van der Waals surface area (Å²) < 4.78 is 0. The maximum atomic E-state index is 9.95. The highest BCUT2D eigenvalue weighted by Gasteiger charge is 1.97. The second-order valence-corrected chi connectivity index (χ2v) is 3.25. The highest BCUT2D eigenvalue weighted by Crippen LogP contribution is 2.06. The van der Waals surface area contributed by atoms with E-state index in [1.807, 2.05) is 0 Å². The van der Waals surface area contributed by atoms with Crippen LogP contribution >= 0.6 is 0 Å². The fourth-order valence-corrected chi connectivity index (χ4v) is 1.17. The lowest BCUT2D eigenvalue weighted by Gasteiger charge is -2.03. The van der Waals surface area contributed by atoms with Crippen molar-refractivity contribution in [2.75, 3.05) is 0 Å². The van der Waals surface area contributed by atoms with Crippen LogP contribution in [0.15, 0.2) is 12.2 Å². The maximum absolute atomic E-state index is 9.95. The topological polar surface area (TPSA) is 37.3 Å². The van der Waals surface area contributed by atoms with E-state index >= 15 is 0 Å². The van der Waals surface area contributed by atoms with Gasteiger partial charge in [-0.1, -0.05) is 44.8 Å². The van der Waals surface area contributed by atoms with E-state index in [9.17, 15) is 9.90 Å². The van der Waals surface area contributed by atoms with Crippen molar-refractivity contribution < 1.29 is 9.90 Å². The van der Waals surface area contributed by atoms with Gasteiger partial charge in [0.1, 0.15) is 6.29 Å². The van der Waals surface area contributed by atoms with Crippen molar-refractivity contribution in [1.29, 1.82) is 0 Å². The number of aliphatic hydroxyl groups is 1. The molecule has 0 spiro atoms. The van der Waals surface area contributed by atoms with Gasteiger partial charge in [0.2, 0.25) is 0 Å². The molecule has 0 aromatic rings. The number of hydrogen-bond acceptors (Lipinski definition) is 2. The quantitative estimate of drug-likeness (QED) is 0.357. The van der Waals surface area contributed by atoms with Gasteiger partial charge in [0.25, 0.3) is 0 Å². The minimum atomic E-state index is -0.364. The second kappa shape index (κ2) is 9.46. The molecule has 0 aliphatic rings. The first-order valence-electron chi connectivity index (χ1n) is 5.09. The van der Waals surface area contributed by atoms with Crippen molar-refractivity contribution in [1.82, 2.24) is 0 Å². The van der Waals surface area contributed by atoms with Crippen LogP contribution in [0.2, 0.25) is 0 Å². The lowest BCUT2D eigenvalue weighted by molar-refractivity contribution is -0.107. The largest absolute Gasteiger partial charge is 0.389 e. The number of hydrogen-bond donors (Lipinski definition) is 1. The molecule has 1 N–H and O–H groups in total. The molecular weight excluding hydrogens is 164 g/mol. The summed E-state index contributed by atoms with van der Waals surface area (Å²) in [6.45, 7) is 2.17. The van der Waals surface area contributed by atoms with Gasteiger partial charge in [0.15, 0.2) is 0 Å². The zero-order valence-corrected chi connectivity index (χ0v) is 8.41. The van der Waals surface area contributed by atoms with Gasteiger partial charge < -0.3 is 9.90 Å². The number of rotatable bonds is 8. The zero-order valence-electron chi connectivity index (χ0n) is 8.41. The first kappa shape index (κ1) is 12.4. The Kier molecular flexibility index (Phi) is 9.00. The number of allylic oxidation sites excluding steroid dienone is 1. The molecule has 0 bridgehead atoms. The van der Waals surface area contributed by atoms with E-state index in [2.05, 4.69) is 6.92 Å². The molecule has 0 aromatic carbocycles. The lowest BCUT2D eigenvalue weighted by atomic mass is 10.1. The van der Waals surface area contributed by atoms with Crippen molar-refractivity contribution in [2.45, 2.75) is 51.6 Å². The summed E-state index contributed by atoms with van der Waals surface area (Å²) in [5.74, 6) is 0. The minimum Gasteiger partial charge on any atom is -0.389 e. The SMILES string of the molecule is CCCCCCC(O)C=CCC=O. The summed E-state index contributed by atoms with van der Waals surface area (Å²) in [5, 5.41) is 9.37. The van der Waals surface area contributed by atoms with Gasteiger partial charge in [-0.05, 0) is 6.42 Å². The standard InChI is InChI=1S/C11H20O2/c1-2-3-4-5-8-11(13)9-6-7-10-12/h6,9-11,13H,2-5,7-8H2,1H3. The van der Waals surface area contributed by atoms with Crippen molar-refractivity contribution in [3.63, 3.8) is 0 Å². The Hall–Kier alpha value is -0.630. The molecule has 2 heteroatoms. The first-order valence-corrected chi connectivity index (χ1v) is 5.09. The van der Waals surface area contributed by atoms with E-state index in [1.54, 1.807) is 12.2 Å². The Labute approximate surface area is 80.7 Å². The van der Waals surface area contributed by atoms with E-state index in [0.29, 0.717) is 6.42 Å². The second-order valence-electron chi connectivity index (χ2n) is 3.25. The predicted molar refractivity (Wildman–Crippen MR) is 54.6 cm³/mol. The van der Waals surface area contributed by atoms with Crippen molar-refractivity contribution >= 4 is 6.29 Å². The fourth-order valence-electron chi connectivity index (χ4n) is 1.17. The van der Waals surface area contributed by atoms with Crippen LogP contribution in [0.25, 0.3) is 0 Å². The molecule has 0 heterocycles. The molecule has 76 valence electrons. The minimum absolute atomic E-state index is 0.364. The van der Waals surface area contributed by atoms with Gasteiger partial charge in [0.05, 0.1) is 6.10 Å². The van der Waals surface area contributed by atoms with E-state index in [-0.39, 0.29) is 6.10 Å². The highest BCUT2D eigenvalue weighted by atomic mass is 16.3. The summed E-state index contributed by atoms with van der Waals surface area (Å²) in [5.41, 5.74) is 0. The fraction of sp³-hybridized carbons (Fsp3) is 0.727. The molecule has 0 aromatic heterocycles. The summed E-state index contributed by atoms with van der Waals surface area (Å²) in [7, 11) is 0. The third kappa shape index (κ3) is 9.28. The van der Waals surface area contributed by atoms with Crippen molar-refractivity contribution in [3.8, 4) is 0 Å². The third-order valence-corrected chi connectivity index (χ3v) is 1.94. The first-order chi connectivity index (χ1) is 6.31. The molecule has 2 nitrogen and oxygen atoms in total. The van der Waals surface area contributed by atoms with Crippen LogP contribution in [0.5, 0.6) is 0 Å². The van der Waals surface area contributed by atoms with Gasteiger partial charge in [-0.25, -0.2) is 0 Å². The van der Waals surface area contributed by atoms with Crippen LogP contribution < -0.4 is 0 Å². The normalized spacial score (nSPS) is 13.4. The van der Waals surface area contributed by atoms with Gasteiger partial charge in [-0.3, -0.25) is 0 Å². The Morgan fingerprint density at radius 1 is 1.31 bits per heavy atom. The molecule has 0 rings (SSSR count). The molecule has 0 amide bonds. The Morgan fingerprint density at radius 2 is 2.08 bits per heavy atom. The van der Waals surface area contributed by atoms with Gasteiger partial charge in [-0.15, -0.1) is 0 Å². The monoisotopic (exact) mass is 184 g/mol. The van der Waals surface area contributed by atoms with Crippen LogP contribution in [0, 0.1) is 0 Å². The number of carbonyl (C=O) groups excluding carboxylic acids is 1. The van der Waals surface area contributed by atoms with E-state index < -0.39 is 0 Å². The van der Waals surface area contributed by atoms with Crippen LogP contribution in [-0.4, -0.2) is 17.5 Å². The number of aliphatic hydroxyl groups excluding tert-OH is 1. The lowest BCUT2D eigenvalue weighted by Crippen LogP contribution is -2.01. The molecule has 0 fully saturated rings. The number of aldehydes is 1. The summed E-state index contributed by atoms with van der Waals surface area (Å²) in [4.78, 5) is 9.95. The summed E-state index contributed by atoms with van der Waals surface area (Å²) in [6.07, 6.45) is 9.84. The van der Waals surface area contributed by atoms with Crippen LogP contribution in [0.1, 0.15) is 45.4 Å². The van der Waals surface area contributed by atoms with Crippen molar-refractivity contribution in [3.05, 3.63) is 12.2 Å². The molecule has 0 saturated heterocycles. The molecule has 1 unspecified atom stereocenters. The zero-order chi connectivity index (χ0) is 9.94. The molecular formula is C11H20O2. The maximum Gasteiger partial charge on any atom is 0.123 e. The molecule has 0 radical (unpaired) electrons. The highest BCUT2D eigenvalue weighted by molar-refractivity contribution is 5.51. The third-order valence-electron chi connectivity index (χ3n) is 1.94. The van der Waals surface area contributed by atoms with E-state index in [0.717, 1.165) is 19.1 Å². The van der Waals surface area contributed by atoms with Crippen molar-refractivity contribution in [2.24, 2.45) is 0 Å². The average molecular weight is 184 g/mol. The van der Waals surface area contributed by atoms with Gasteiger partial charge >= 0.3 is 0 Å². The molecule has 13 heavy (non-hydrogen) atoms. The predicted octanol–water partition coefficient (Wildman–Crippen LogP) is 2.46. The summed E-state index contributed by atoms with van der Waals surface area (Å²) >= 11 is 0. The van der Waals surface area contributed by atoms with Crippen LogP contribution in [-0.2, 0) is 4.79 Å². The smallest absolute Gasteiger partial charge is 0.123 e. The van der Waals surface area contributed by atoms with Crippen LogP contribution in [0.3, 0.4) is 0 Å². The van der Waals surface area contributed by atoms with E-state index in [1.165, 1.54) is 19.3 Å². The average Bonchev–Trinajstić information content (AvgIpc) is 2.13. The Balaban J connectivity index is 3.28.